The van der Waals surface area contributed by atoms with E-state index in [4.69, 9.17) is 9.47 Å². The minimum absolute atomic E-state index is 0.0759. The van der Waals surface area contributed by atoms with Crippen molar-refractivity contribution >= 4 is 5.91 Å². The second-order valence-corrected chi connectivity index (χ2v) is 6.55. The molecule has 0 bridgehead atoms. The first-order chi connectivity index (χ1) is 11.0. The molecule has 1 N–H and O–H groups in total. The number of halogens is 3. The fraction of sp³-hybridized carbons (Fsp3) is 0.938. The second-order valence-electron chi connectivity index (χ2n) is 6.55. The van der Waals surface area contributed by atoms with Gasteiger partial charge in [0.1, 0.15) is 0 Å². The molecule has 1 saturated carbocycles. The maximum atomic E-state index is 12.7. The van der Waals surface area contributed by atoms with Crippen molar-refractivity contribution in [2.45, 2.75) is 44.7 Å². The Morgan fingerprint density at radius 2 is 2.09 bits per heavy atom. The normalized spacial score (nSPS) is 28.7. The predicted molar refractivity (Wildman–Crippen MR) is 78.9 cm³/mol. The molecule has 1 heterocycles. The Kier molecular flexibility index (Phi) is 7.14. The Bertz CT molecular complexity index is 370. The fourth-order valence-electron chi connectivity index (χ4n) is 3.22. The fourth-order valence-corrected chi connectivity index (χ4v) is 3.22. The van der Waals surface area contributed by atoms with Crippen LogP contribution < -0.4 is 5.32 Å². The van der Waals surface area contributed by atoms with Crippen LogP contribution in [0.3, 0.4) is 0 Å². The van der Waals surface area contributed by atoms with Crippen LogP contribution in [0, 0.1) is 17.8 Å². The van der Waals surface area contributed by atoms with Crippen molar-refractivity contribution in [2.75, 3.05) is 33.0 Å². The molecule has 0 aromatic rings. The topological polar surface area (TPSA) is 47.6 Å². The average Bonchev–Trinajstić information content (AvgIpc) is 3.03. The third-order valence-electron chi connectivity index (χ3n) is 4.65. The Hall–Kier alpha value is -0.820. The van der Waals surface area contributed by atoms with Crippen molar-refractivity contribution in [3.05, 3.63) is 0 Å². The van der Waals surface area contributed by atoms with Crippen molar-refractivity contribution in [2.24, 2.45) is 17.8 Å². The van der Waals surface area contributed by atoms with Gasteiger partial charge in [0.15, 0.2) is 0 Å². The van der Waals surface area contributed by atoms with E-state index in [1.807, 2.05) is 0 Å². The maximum absolute atomic E-state index is 12.7. The molecule has 0 aromatic carbocycles. The summed E-state index contributed by atoms with van der Waals surface area (Å²) in [4.78, 5) is 12.0. The van der Waals surface area contributed by atoms with Crippen LogP contribution in [0.15, 0.2) is 0 Å². The highest BCUT2D eigenvalue weighted by atomic mass is 19.4. The minimum atomic E-state index is -4.18. The van der Waals surface area contributed by atoms with E-state index in [9.17, 15) is 18.0 Å². The van der Waals surface area contributed by atoms with Crippen LogP contribution in [0.2, 0.25) is 0 Å². The largest absolute Gasteiger partial charge is 0.391 e. The van der Waals surface area contributed by atoms with Gasteiger partial charge in [0.25, 0.3) is 0 Å². The number of carbonyl (C=O) groups excluding carboxylic acids is 1. The number of nitrogens with one attached hydrogen (secondary N) is 1. The molecule has 1 aliphatic carbocycles. The van der Waals surface area contributed by atoms with Gasteiger partial charge in [-0.05, 0) is 32.1 Å². The number of carbonyl (C=O) groups is 1. The van der Waals surface area contributed by atoms with E-state index in [1.54, 1.807) is 0 Å². The van der Waals surface area contributed by atoms with Crippen molar-refractivity contribution in [1.29, 1.82) is 0 Å². The molecule has 4 nitrogen and oxygen atoms in total. The Morgan fingerprint density at radius 3 is 2.78 bits per heavy atom. The lowest BCUT2D eigenvalue weighted by molar-refractivity contribution is -0.186. The van der Waals surface area contributed by atoms with Crippen LogP contribution in [-0.2, 0) is 14.3 Å². The molecule has 134 valence electrons. The lowest BCUT2D eigenvalue weighted by Gasteiger charge is -2.29. The first-order valence-electron chi connectivity index (χ1n) is 8.46. The molecule has 1 amide bonds. The van der Waals surface area contributed by atoms with E-state index >= 15 is 0 Å². The molecular formula is C16H26F3NO3. The number of alkyl halides is 3. The van der Waals surface area contributed by atoms with E-state index in [1.165, 1.54) is 0 Å². The molecule has 2 fully saturated rings. The lowest BCUT2D eigenvalue weighted by atomic mass is 9.80. The highest BCUT2D eigenvalue weighted by Gasteiger charge is 2.43. The zero-order valence-corrected chi connectivity index (χ0v) is 13.4. The van der Waals surface area contributed by atoms with E-state index in [2.05, 4.69) is 5.32 Å². The number of ether oxygens (including phenoxy) is 2. The molecule has 0 aromatic heterocycles. The van der Waals surface area contributed by atoms with Gasteiger partial charge in [0.2, 0.25) is 5.91 Å². The van der Waals surface area contributed by atoms with Gasteiger partial charge in [0.05, 0.1) is 19.1 Å². The monoisotopic (exact) mass is 337 g/mol. The summed E-state index contributed by atoms with van der Waals surface area (Å²) in [5.74, 6) is -1.62. The molecule has 1 saturated heterocycles. The SMILES string of the molecule is O=C(NCCCOC[C@@H]1CCOC1)[C@@H]1CCC[C@@H](C(F)(F)F)C1. The molecular weight excluding hydrogens is 311 g/mol. The van der Waals surface area contributed by atoms with Gasteiger partial charge in [-0.3, -0.25) is 4.79 Å². The quantitative estimate of drug-likeness (QED) is 0.727. The van der Waals surface area contributed by atoms with Gasteiger partial charge in [-0.25, -0.2) is 0 Å². The lowest BCUT2D eigenvalue weighted by Crippen LogP contribution is -2.37. The van der Waals surface area contributed by atoms with Gasteiger partial charge in [0, 0.05) is 31.6 Å². The summed E-state index contributed by atoms with van der Waals surface area (Å²) in [7, 11) is 0. The Labute approximate surface area is 135 Å². The summed E-state index contributed by atoms with van der Waals surface area (Å²) in [5, 5.41) is 2.74. The van der Waals surface area contributed by atoms with E-state index in [-0.39, 0.29) is 18.7 Å². The third-order valence-corrected chi connectivity index (χ3v) is 4.65. The van der Waals surface area contributed by atoms with Crippen LogP contribution in [0.5, 0.6) is 0 Å². The standard InChI is InChI=1S/C16H26F3NO3/c17-16(18,19)14-4-1-3-13(9-14)15(21)20-6-2-7-22-10-12-5-8-23-11-12/h12-14H,1-11H2,(H,20,21)/t12-,13+,14+/m0/s1. The first-order valence-corrected chi connectivity index (χ1v) is 8.46. The molecule has 0 radical (unpaired) electrons. The van der Waals surface area contributed by atoms with Gasteiger partial charge in [-0.1, -0.05) is 6.42 Å². The summed E-state index contributed by atoms with van der Waals surface area (Å²) >= 11 is 0. The minimum Gasteiger partial charge on any atom is -0.381 e. The summed E-state index contributed by atoms with van der Waals surface area (Å²) in [6.07, 6.45) is -1.39. The Balaban J connectivity index is 1.55. The van der Waals surface area contributed by atoms with Crippen molar-refractivity contribution in [3.8, 4) is 0 Å². The molecule has 1 aliphatic heterocycles. The molecule has 23 heavy (non-hydrogen) atoms. The average molecular weight is 337 g/mol. The van der Waals surface area contributed by atoms with Crippen molar-refractivity contribution < 1.29 is 27.4 Å². The summed E-state index contributed by atoms with van der Waals surface area (Å²) in [6.45, 7) is 3.22. The van der Waals surface area contributed by atoms with E-state index < -0.39 is 18.0 Å². The zero-order chi connectivity index (χ0) is 16.7. The highest BCUT2D eigenvalue weighted by molar-refractivity contribution is 5.78. The summed E-state index contributed by atoms with van der Waals surface area (Å²) < 4.78 is 49.0. The van der Waals surface area contributed by atoms with Crippen molar-refractivity contribution in [3.63, 3.8) is 0 Å². The smallest absolute Gasteiger partial charge is 0.381 e. The summed E-state index contributed by atoms with van der Waals surface area (Å²) in [6, 6.07) is 0. The Morgan fingerprint density at radius 1 is 1.26 bits per heavy atom. The molecule has 7 heteroatoms. The molecule has 0 spiro atoms. The van der Waals surface area contributed by atoms with Crippen LogP contribution in [-0.4, -0.2) is 45.1 Å². The maximum Gasteiger partial charge on any atom is 0.391 e. The molecule has 0 unspecified atom stereocenters. The highest BCUT2D eigenvalue weighted by Crippen LogP contribution is 2.39. The number of hydrogen-bond donors (Lipinski definition) is 1. The third kappa shape index (κ3) is 6.30. The number of rotatable bonds is 7. The number of amides is 1. The van der Waals surface area contributed by atoms with E-state index in [0.717, 1.165) is 19.6 Å². The van der Waals surface area contributed by atoms with Crippen molar-refractivity contribution in [1.82, 2.24) is 5.32 Å². The molecule has 2 aliphatic rings. The summed E-state index contributed by atoms with van der Waals surface area (Å²) in [5.41, 5.74) is 0. The second kappa shape index (κ2) is 8.87. The van der Waals surface area contributed by atoms with Gasteiger partial charge < -0.3 is 14.8 Å². The van der Waals surface area contributed by atoms with Gasteiger partial charge >= 0.3 is 6.18 Å². The van der Waals surface area contributed by atoms with Crippen LogP contribution >= 0.6 is 0 Å². The van der Waals surface area contributed by atoms with Gasteiger partial charge in [-0.2, -0.15) is 13.2 Å². The van der Waals surface area contributed by atoms with Crippen LogP contribution in [0.1, 0.15) is 38.5 Å². The van der Waals surface area contributed by atoms with Gasteiger partial charge in [-0.15, -0.1) is 0 Å². The zero-order valence-electron chi connectivity index (χ0n) is 13.4. The predicted octanol–water partition coefficient (Wildman–Crippen LogP) is 2.91. The molecule has 3 atom stereocenters. The molecule has 2 rings (SSSR count). The van der Waals surface area contributed by atoms with Crippen LogP contribution in [0.25, 0.3) is 0 Å². The first kappa shape index (κ1) is 18.5. The van der Waals surface area contributed by atoms with E-state index in [0.29, 0.717) is 44.9 Å². The number of hydrogen-bond acceptors (Lipinski definition) is 3. The van der Waals surface area contributed by atoms with Crippen LogP contribution in [0.4, 0.5) is 13.2 Å².